The third-order valence-corrected chi connectivity index (χ3v) is 5.01. The standard InChI is InChI=1S/C20H21BrN2O3/c1-26-18-7-3-4-14(13-18)19(24)22-17-8-10-23(11-9-17)20(25)15-5-2-6-16(21)12-15/h2-7,12-13,17H,8-11H2,1H3,(H,22,24). The second-order valence-corrected chi connectivity index (χ2v) is 7.20. The zero-order valence-electron chi connectivity index (χ0n) is 14.6. The van der Waals surface area contributed by atoms with Crippen LogP contribution in [-0.4, -0.2) is 43.0 Å². The van der Waals surface area contributed by atoms with E-state index in [1.165, 1.54) is 0 Å². The van der Waals surface area contributed by atoms with Gasteiger partial charge in [0.15, 0.2) is 0 Å². The van der Waals surface area contributed by atoms with Crippen molar-refractivity contribution in [1.82, 2.24) is 10.2 Å². The molecule has 0 saturated carbocycles. The van der Waals surface area contributed by atoms with Gasteiger partial charge in [0.2, 0.25) is 0 Å². The quantitative estimate of drug-likeness (QED) is 0.829. The van der Waals surface area contributed by atoms with Crippen LogP contribution in [0.15, 0.2) is 53.0 Å². The Morgan fingerprint density at radius 2 is 1.77 bits per heavy atom. The van der Waals surface area contributed by atoms with E-state index in [0.29, 0.717) is 30.0 Å². The van der Waals surface area contributed by atoms with Crippen molar-refractivity contribution in [3.8, 4) is 5.75 Å². The van der Waals surface area contributed by atoms with Gasteiger partial charge in [0.1, 0.15) is 5.75 Å². The molecule has 1 saturated heterocycles. The molecule has 0 atom stereocenters. The molecule has 136 valence electrons. The highest BCUT2D eigenvalue weighted by Crippen LogP contribution is 2.18. The number of ether oxygens (including phenoxy) is 1. The molecule has 2 amide bonds. The predicted octanol–water partition coefficient (Wildman–Crippen LogP) is 3.49. The first kappa shape index (κ1) is 18.5. The van der Waals surface area contributed by atoms with Gasteiger partial charge in [-0.2, -0.15) is 0 Å². The lowest BCUT2D eigenvalue weighted by molar-refractivity contribution is 0.0698. The molecule has 0 bridgehead atoms. The Morgan fingerprint density at radius 1 is 1.08 bits per heavy atom. The summed E-state index contributed by atoms with van der Waals surface area (Å²) in [5.74, 6) is 0.580. The van der Waals surface area contributed by atoms with E-state index < -0.39 is 0 Å². The van der Waals surface area contributed by atoms with E-state index >= 15 is 0 Å². The van der Waals surface area contributed by atoms with E-state index in [1.807, 2.05) is 35.2 Å². The van der Waals surface area contributed by atoms with Crippen molar-refractivity contribution in [2.75, 3.05) is 20.2 Å². The summed E-state index contributed by atoms with van der Waals surface area (Å²) >= 11 is 3.40. The van der Waals surface area contributed by atoms with Gasteiger partial charge >= 0.3 is 0 Å². The van der Waals surface area contributed by atoms with Gasteiger partial charge in [-0.25, -0.2) is 0 Å². The minimum atomic E-state index is -0.110. The fraction of sp³-hybridized carbons (Fsp3) is 0.300. The molecule has 26 heavy (non-hydrogen) atoms. The fourth-order valence-electron chi connectivity index (χ4n) is 3.06. The van der Waals surface area contributed by atoms with E-state index in [0.717, 1.165) is 17.3 Å². The second kappa shape index (κ2) is 8.36. The molecule has 0 aliphatic carbocycles. The van der Waals surface area contributed by atoms with Crippen molar-refractivity contribution in [1.29, 1.82) is 0 Å². The van der Waals surface area contributed by atoms with E-state index in [1.54, 1.807) is 25.3 Å². The SMILES string of the molecule is COc1cccc(C(=O)NC2CCN(C(=O)c3cccc(Br)c3)CC2)c1. The summed E-state index contributed by atoms with van der Waals surface area (Å²) in [5.41, 5.74) is 1.26. The Morgan fingerprint density at radius 3 is 2.46 bits per heavy atom. The first-order chi connectivity index (χ1) is 12.6. The van der Waals surface area contributed by atoms with Gasteiger partial charge in [-0.15, -0.1) is 0 Å². The summed E-state index contributed by atoms with van der Waals surface area (Å²) in [4.78, 5) is 26.8. The minimum Gasteiger partial charge on any atom is -0.497 e. The van der Waals surface area contributed by atoms with Crippen LogP contribution in [0.2, 0.25) is 0 Å². The van der Waals surface area contributed by atoms with E-state index in [4.69, 9.17) is 4.74 Å². The van der Waals surface area contributed by atoms with Crippen LogP contribution in [-0.2, 0) is 0 Å². The number of carbonyl (C=O) groups excluding carboxylic acids is 2. The van der Waals surface area contributed by atoms with Crippen LogP contribution in [0.3, 0.4) is 0 Å². The number of likely N-dealkylation sites (tertiary alicyclic amines) is 1. The lowest BCUT2D eigenvalue weighted by atomic mass is 10.0. The smallest absolute Gasteiger partial charge is 0.253 e. The molecule has 0 radical (unpaired) electrons. The number of nitrogens with one attached hydrogen (secondary N) is 1. The van der Waals surface area contributed by atoms with E-state index in [9.17, 15) is 9.59 Å². The molecule has 0 spiro atoms. The van der Waals surface area contributed by atoms with Gasteiger partial charge in [0.05, 0.1) is 7.11 Å². The summed E-state index contributed by atoms with van der Waals surface area (Å²) in [6.45, 7) is 1.27. The molecule has 5 nitrogen and oxygen atoms in total. The van der Waals surface area contributed by atoms with Gasteiger partial charge < -0.3 is 15.0 Å². The monoisotopic (exact) mass is 416 g/mol. The summed E-state index contributed by atoms with van der Waals surface area (Å²) in [5, 5.41) is 3.05. The maximum atomic E-state index is 12.6. The molecular formula is C20H21BrN2O3. The molecule has 0 unspecified atom stereocenters. The Hall–Kier alpha value is -2.34. The molecule has 1 aliphatic heterocycles. The highest BCUT2D eigenvalue weighted by Gasteiger charge is 2.25. The van der Waals surface area contributed by atoms with Crippen molar-refractivity contribution in [3.05, 3.63) is 64.1 Å². The Kier molecular flexibility index (Phi) is 5.93. The number of carbonyl (C=O) groups is 2. The van der Waals surface area contributed by atoms with Gasteiger partial charge in [-0.1, -0.05) is 28.1 Å². The van der Waals surface area contributed by atoms with Gasteiger partial charge in [0.25, 0.3) is 11.8 Å². The molecule has 3 rings (SSSR count). The topological polar surface area (TPSA) is 58.6 Å². The van der Waals surface area contributed by atoms with Crippen LogP contribution in [0.5, 0.6) is 5.75 Å². The van der Waals surface area contributed by atoms with Crippen LogP contribution < -0.4 is 10.1 Å². The van der Waals surface area contributed by atoms with Crippen molar-refractivity contribution in [2.45, 2.75) is 18.9 Å². The third kappa shape index (κ3) is 4.43. The van der Waals surface area contributed by atoms with E-state index in [-0.39, 0.29) is 17.9 Å². The van der Waals surface area contributed by atoms with Crippen molar-refractivity contribution in [2.24, 2.45) is 0 Å². The van der Waals surface area contributed by atoms with Gasteiger partial charge in [-0.3, -0.25) is 9.59 Å². The zero-order chi connectivity index (χ0) is 18.5. The summed E-state index contributed by atoms with van der Waals surface area (Å²) < 4.78 is 6.05. The lowest BCUT2D eigenvalue weighted by Crippen LogP contribution is -2.46. The molecule has 0 aromatic heterocycles. The van der Waals surface area contributed by atoms with Crippen LogP contribution in [0, 0.1) is 0 Å². The number of halogens is 1. The van der Waals surface area contributed by atoms with Gasteiger partial charge in [0, 0.05) is 34.7 Å². The third-order valence-electron chi connectivity index (χ3n) is 4.52. The Balaban J connectivity index is 1.55. The largest absolute Gasteiger partial charge is 0.497 e. The Labute approximate surface area is 161 Å². The number of benzene rings is 2. The van der Waals surface area contributed by atoms with E-state index in [2.05, 4.69) is 21.2 Å². The Bertz CT molecular complexity index is 801. The maximum absolute atomic E-state index is 12.6. The van der Waals surface area contributed by atoms with Crippen molar-refractivity contribution < 1.29 is 14.3 Å². The van der Waals surface area contributed by atoms with Crippen LogP contribution in [0.25, 0.3) is 0 Å². The molecule has 1 heterocycles. The number of methoxy groups -OCH3 is 1. The number of nitrogens with zero attached hydrogens (tertiary/aromatic N) is 1. The van der Waals surface area contributed by atoms with Crippen molar-refractivity contribution in [3.63, 3.8) is 0 Å². The fourth-order valence-corrected chi connectivity index (χ4v) is 3.46. The second-order valence-electron chi connectivity index (χ2n) is 6.28. The summed E-state index contributed by atoms with van der Waals surface area (Å²) in [6.07, 6.45) is 1.49. The maximum Gasteiger partial charge on any atom is 0.253 e. The van der Waals surface area contributed by atoms with Crippen molar-refractivity contribution >= 4 is 27.7 Å². The molecule has 6 heteroatoms. The molecule has 1 fully saturated rings. The average molecular weight is 417 g/mol. The molecule has 2 aromatic carbocycles. The summed E-state index contributed by atoms with van der Waals surface area (Å²) in [6, 6.07) is 14.6. The molecule has 1 N–H and O–H groups in total. The normalized spacial score (nSPS) is 14.8. The zero-order valence-corrected chi connectivity index (χ0v) is 16.2. The number of amides is 2. The number of hydrogen-bond donors (Lipinski definition) is 1. The minimum absolute atomic E-state index is 0.0314. The highest BCUT2D eigenvalue weighted by molar-refractivity contribution is 9.10. The first-order valence-electron chi connectivity index (χ1n) is 8.56. The first-order valence-corrected chi connectivity index (χ1v) is 9.36. The molecular weight excluding hydrogens is 396 g/mol. The predicted molar refractivity (Wildman–Crippen MR) is 104 cm³/mol. The molecule has 2 aromatic rings. The van der Waals surface area contributed by atoms with Crippen LogP contribution in [0.4, 0.5) is 0 Å². The number of piperidine rings is 1. The average Bonchev–Trinajstić information content (AvgIpc) is 2.68. The summed E-state index contributed by atoms with van der Waals surface area (Å²) in [7, 11) is 1.58. The van der Waals surface area contributed by atoms with Crippen LogP contribution in [0.1, 0.15) is 33.6 Å². The number of hydrogen-bond acceptors (Lipinski definition) is 3. The van der Waals surface area contributed by atoms with Gasteiger partial charge in [-0.05, 0) is 49.2 Å². The lowest BCUT2D eigenvalue weighted by Gasteiger charge is -2.32. The highest BCUT2D eigenvalue weighted by atomic mass is 79.9. The molecule has 1 aliphatic rings. The van der Waals surface area contributed by atoms with Crippen LogP contribution >= 0.6 is 15.9 Å². The number of rotatable bonds is 4.